The molecule has 0 aliphatic heterocycles. The molecule has 0 aromatic carbocycles. The molecular formula is C21H42N6O60S15. The fourth-order valence-electron chi connectivity index (χ4n) is 6.48. The van der Waals surface area contributed by atoms with Crippen molar-refractivity contribution in [3.05, 3.63) is 0 Å². The Morgan fingerprint density at radius 2 is 0.363 bits per heavy atom. The zero-order chi connectivity index (χ0) is 90.9. The molecule has 606 valence electrons. The van der Waals surface area contributed by atoms with Crippen molar-refractivity contribution < 1.29 is 257 Å². The Labute approximate surface area is 593 Å². The van der Waals surface area contributed by atoms with Gasteiger partial charge >= 0.3 is 156 Å². The summed E-state index contributed by atoms with van der Waals surface area (Å²) in [5.41, 5.74) is 0. The van der Waals surface area contributed by atoms with Gasteiger partial charge < -0.3 is 16.0 Å². The predicted octanol–water partition coefficient (Wildman–Crippen LogP) is -12.2. The molecule has 1 heterocycles. The molecule has 66 nitrogen and oxygen atoms in total. The van der Waals surface area contributed by atoms with E-state index in [1.807, 2.05) is 0 Å². The monoisotopic (exact) mass is 1830 g/mol. The van der Waals surface area contributed by atoms with Gasteiger partial charge in [-0.2, -0.15) is 141 Å². The maximum absolute atomic E-state index is 13.0. The first-order chi connectivity index (χ1) is 53.2. The van der Waals surface area contributed by atoms with E-state index in [0.29, 0.717) is 0 Å². The van der Waals surface area contributed by atoms with Crippen LogP contribution >= 0.6 is 0 Å². The normalized spacial score (nSPS) is 19.8. The minimum absolute atomic E-state index is 1.58. The number of hydrogen-bond acceptors (Lipinski definition) is 66. The summed E-state index contributed by atoms with van der Waals surface area (Å²) in [6, 6.07) is 0. The van der Waals surface area contributed by atoms with E-state index in [2.05, 4.69) is 146 Å². The van der Waals surface area contributed by atoms with Crippen LogP contribution in [0.3, 0.4) is 0 Å². The fourth-order valence-corrected chi connectivity index (χ4v) is 13.3. The smallest absolute Gasteiger partial charge is 0.351 e. The molecule has 12 atom stereocenters. The molecule has 0 fully saturated rings. The van der Waals surface area contributed by atoms with Gasteiger partial charge in [0.15, 0.2) is 0 Å². The second-order valence-electron chi connectivity index (χ2n) is 16.6. The van der Waals surface area contributed by atoms with E-state index in [9.17, 15) is 126 Å². The van der Waals surface area contributed by atoms with Gasteiger partial charge in [-0.25, -0.2) is 62.7 Å². The van der Waals surface area contributed by atoms with Crippen molar-refractivity contribution in [3.63, 3.8) is 0 Å². The van der Waals surface area contributed by atoms with Gasteiger partial charge in [-0.1, -0.05) is 0 Å². The Bertz CT molecular complexity index is 4710. The quantitative estimate of drug-likeness (QED) is 0.0269. The maximum Gasteiger partial charge on any atom is 0.397 e. The number of nitrogens with one attached hydrogen (secondary N) is 3. The zero-order valence-electron chi connectivity index (χ0n) is 61.1. The fraction of sp³-hybridized carbons (Fsp3) is 0.857. The largest absolute Gasteiger partial charge is 0.397 e. The van der Waals surface area contributed by atoms with Crippen LogP contribution in [0.4, 0.5) is 17.8 Å². The summed E-state index contributed by atoms with van der Waals surface area (Å²) in [6.07, 6.45) is -46.3. The molecule has 1 aromatic heterocycles. The molecular weight excluding hydrogens is 1780 g/mol. The van der Waals surface area contributed by atoms with Crippen LogP contribution < -0.4 is 16.0 Å². The Balaban J connectivity index is 5.47. The molecule has 0 aliphatic carbocycles. The summed E-state index contributed by atoms with van der Waals surface area (Å²) in [5.74, 6) is -5.73. The van der Waals surface area contributed by atoms with E-state index in [-0.39, 0.29) is 0 Å². The molecule has 1 rings (SSSR count). The van der Waals surface area contributed by atoms with Crippen LogP contribution in [0, 0.1) is 0 Å². The van der Waals surface area contributed by atoms with Crippen LogP contribution in [0.2, 0.25) is 0 Å². The third-order valence-corrected chi connectivity index (χ3v) is 16.1. The highest BCUT2D eigenvalue weighted by molar-refractivity contribution is 7.84. The van der Waals surface area contributed by atoms with Gasteiger partial charge in [-0.3, -0.25) is 68.3 Å². The predicted molar refractivity (Wildman–Crippen MR) is 295 cm³/mol. The molecule has 102 heavy (non-hydrogen) atoms. The van der Waals surface area contributed by atoms with Crippen molar-refractivity contribution in [2.75, 3.05) is 55.4 Å². The lowest BCUT2D eigenvalue weighted by atomic mass is 10.0. The lowest BCUT2D eigenvalue weighted by Gasteiger charge is -2.33. The number of aromatic nitrogens is 3. The van der Waals surface area contributed by atoms with Crippen LogP contribution in [-0.2, 0) is 219 Å². The van der Waals surface area contributed by atoms with Crippen molar-refractivity contribution in [2.45, 2.75) is 73.2 Å². The highest BCUT2D eigenvalue weighted by Crippen LogP contribution is 2.29. The molecule has 0 aliphatic rings. The van der Waals surface area contributed by atoms with E-state index in [1.54, 1.807) is 16.0 Å². The molecule has 81 heteroatoms. The molecule has 0 unspecified atom stereocenters. The van der Waals surface area contributed by atoms with Crippen LogP contribution in [0.25, 0.3) is 21.5 Å². The van der Waals surface area contributed by atoms with Gasteiger partial charge in [0.25, 0.3) is 0 Å². The zero-order valence-corrected chi connectivity index (χ0v) is 58.4. The maximum atomic E-state index is 13.0. The Hall–Kier alpha value is -3.54. The SMILES string of the molecule is [2H]OS(=O)(=O)OC[C@@H](OS(=O)(=O)O[2H])[C@@H](OS(=O)(=O)O[2H])[C@H](OS(=O)(=O)O[2H])[C@H](CNc1nc(NC[C@H](OS(=O)(=O)O[2H])[C@@H](OS(=O)(=O)O[2H])[C@H](OS(=O)(=O)O[2H])[C@@H](COS(=O)(=O)O[2H])OS(=O)(=O)O[2H])nc(NC[C@H](OS(=O)(=O)O[2H])[C@@H](OS(=O)(=O)O[2H])[C@H](OS(=O)(=O)O[2H])[C@@H](COS(=O)(=O)O[2H])OS(=O)(=O)O[2H])n1)OS(=O)(=O)O[2H]. The molecule has 18 N–H and O–H groups in total. The van der Waals surface area contributed by atoms with Gasteiger partial charge in [-0.15, -0.1) is 0 Å². The van der Waals surface area contributed by atoms with Crippen molar-refractivity contribution in [1.82, 2.24) is 15.0 Å². The molecule has 0 saturated heterocycles. The van der Waals surface area contributed by atoms with E-state index in [0.717, 1.165) is 0 Å². The average Bonchev–Trinajstić information content (AvgIpc) is 0.802. The minimum Gasteiger partial charge on any atom is -0.351 e. The minimum atomic E-state index is -6.59. The Kier molecular flexibility index (Phi) is 25.7. The highest BCUT2D eigenvalue weighted by atomic mass is 32.3. The molecule has 0 spiro atoms. The Morgan fingerprint density at radius 1 is 0.225 bits per heavy atom. The van der Waals surface area contributed by atoms with Crippen molar-refractivity contribution in [3.8, 4) is 0 Å². The van der Waals surface area contributed by atoms with Gasteiger partial charge in [0.2, 0.25) is 39.3 Å². The first-order valence-electron chi connectivity index (χ1n) is 28.4. The van der Waals surface area contributed by atoms with E-state index in [1.165, 1.54) is 0 Å². The first kappa shape index (κ1) is 72.6. The summed E-state index contributed by atoms with van der Waals surface area (Å²) in [6.45, 7) is -14.4. The topological polar surface area (TPSA) is 1030 Å². The van der Waals surface area contributed by atoms with Crippen molar-refractivity contribution in [2.24, 2.45) is 0 Å². The van der Waals surface area contributed by atoms with Gasteiger partial charge in [0, 0.05) is 19.6 Å². The standard InChI is InChI=1S/C21H42N6O60S15/c28-88(29,30)73-4-10(79-94(46,47)48)16(85-100(64,65)66)13(82-97(55,56)57)7(76-91(37,38)39)1-22-19-25-20(23-2-8(77-92(40,41)42)14(83-98(58,59)60)17(86-101(67,68)69)11(80-95(49,50)51)5-74-89(31,32)33)27-21(26-19)24-3-9(78-93(43,44)45)15(84-99(61,62)63)18(87-102(70,71)72)12(81-96(52,53)54)6-75-90(34,35)36/h7-18H,1-6H2,(H,28,29,30)(H,31,32,33)(H,34,35,36)(H,37,38,39)(H,40,41,42)(H,43,44,45)(H,46,47,48)(H,49,50,51)(H,52,53,54)(H,55,56,57)(H,58,59,60)(H,61,62,63)(H,64,65,66)(H,67,68,69)(H,70,71,72)(H3,22,23,24,25,26,27)/t7-,8-,9-,10+,11+,12+,13+,14+,15+,16+,17+,18+/m0/s1/i/hD15. The second kappa shape index (κ2) is 36.1. The van der Waals surface area contributed by atoms with E-state index >= 15 is 0 Å². The first-order valence-corrected chi connectivity index (χ1v) is 42.3. The molecule has 0 bridgehead atoms. The molecule has 1 aromatic rings. The summed E-state index contributed by atoms with van der Waals surface area (Å²) < 4.78 is 598. The number of anilines is 3. The van der Waals surface area contributed by atoms with Crippen molar-refractivity contribution in [1.29, 1.82) is 21.5 Å². The average molecular weight is 1830 g/mol. The number of hydrogen-bond donors (Lipinski definition) is 18. The van der Waals surface area contributed by atoms with Gasteiger partial charge in [0.1, 0.15) is 73.2 Å². The van der Waals surface area contributed by atoms with Crippen LogP contribution in [0.15, 0.2) is 0 Å². The lowest BCUT2D eigenvalue weighted by Crippen LogP contribution is -2.55. The summed E-state index contributed by atoms with van der Waals surface area (Å²) >= 11 is 0. The van der Waals surface area contributed by atoms with Gasteiger partial charge in [-0.05, 0) is 0 Å². The van der Waals surface area contributed by atoms with Gasteiger partial charge in [0.05, 0.1) is 19.8 Å². The Morgan fingerprint density at radius 3 is 0.520 bits per heavy atom. The van der Waals surface area contributed by atoms with E-state index < -0.39 is 287 Å². The highest BCUT2D eigenvalue weighted by Gasteiger charge is 2.51. The second-order valence-corrected chi connectivity index (χ2v) is 31.9. The summed E-state index contributed by atoms with van der Waals surface area (Å²) in [5, 5.41) is 4.75. The van der Waals surface area contributed by atoms with Crippen LogP contribution in [-0.4, -0.2) is 322 Å². The summed E-state index contributed by atoms with van der Waals surface area (Å²) in [7, 11) is -95.9. The summed E-state index contributed by atoms with van der Waals surface area (Å²) in [4.78, 5) is 10.2. The third kappa shape index (κ3) is 46.5. The van der Waals surface area contributed by atoms with Crippen molar-refractivity contribution >= 4 is 174 Å². The van der Waals surface area contributed by atoms with E-state index in [4.69, 9.17) is 21.5 Å². The number of rotatable bonds is 66. The number of nitrogens with zero attached hydrogens (tertiary/aromatic N) is 3. The molecule has 0 amide bonds. The van der Waals surface area contributed by atoms with Crippen LogP contribution in [0.5, 0.6) is 0 Å². The third-order valence-electron chi connectivity index (χ3n) is 9.14. The molecule has 0 radical (unpaired) electrons. The van der Waals surface area contributed by atoms with Crippen LogP contribution in [0.1, 0.15) is 0 Å². The lowest BCUT2D eigenvalue weighted by molar-refractivity contribution is -0.0762. The molecule has 0 saturated carbocycles.